The molecule has 0 aliphatic heterocycles. The molecule has 1 atom stereocenters. The van der Waals surface area contributed by atoms with E-state index in [0.717, 1.165) is 10.7 Å². The number of alkyl halides is 3. The van der Waals surface area contributed by atoms with Gasteiger partial charge in [-0.3, -0.25) is 0 Å². The highest BCUT2D eigenvalue weighted by Crippen LogP contribution is 2.31. The van der Waals surface area contributed by atoms with Gasteiger partial charge in [0.1, 0.15) is 18.1 Å². The molecule has 30 heavy (non-hydrogen) atoms. The molecule has 0 aliphatic carbocycles. The van der Waals surface area contributed by atoms with Crippen molar-refractivity contribution in [1.82, 2.24) is 9.78 Å². The number of halogens is 4. The molecule has 1 aromatic heterocycles. The van der Waals surface area contributed by atoms with Crippen molar-refractivity contribution in [3.8, 4) is 17.2 Å². The summed E-state index contributed by atoms with van der Waals surface area (Å²) in [7, 11) is 0. The molecule has 1 unspecified atom stereocenters. The number of rotatable bonds is 7. The molecule has 158 valence electrons. The third-order valence-corrected chi connectivity index (χ3v) is 4.34. The number of hydrogen-bond acceptors (Lipinski definition) is 4. The lowest BCUT2D eigenvalue weighted by Gasteiger charge is -2.12. The fourth-order valence-electron chi connectivity index (χ4n) is 2.52. The molecule has 0 radical (unpaired) electrons. The summed E-state index contributed by atoms with van der Waals surface area (Å²) in [6.07, 6.45) is -5.65. The van der Waals surface area contributed by atoms with Gasteiger partial charge in [-0.15, -0.1) is 0 Å². The van der Waals surface area contributed by atoms with Crippen LogP contribution in [0, 0.1) is 0 Å². The molecule has 6 nitrogen and oxygen atoms in total. The quantitative estimate of drug-likeness (QED) is 0.561. The third kappa shape index (κ3) is 5.04. The van der Waals surface area contributed by atoms with Crippen LogP contribution in [0.3, 0.4) is 0 Å². The van der Waals surface area contributed by atoms with Gasteiger partial charge in [0.15, 0.2) is 11.8 Å². The van der Waals surface area contributed by atoms with Crippen molar-refractivity contribution in [3.05, 3.63) is 71.0 Å². The molecule has 0 aliphatic rings. The first-order valence-electron chi connectivity index (χ1n) is 8.68. The van der Waals surface area contributed by atoms with E-state index in [0.29, 0.717) is 17.2 Å². The van der Waals surface area contributed by atoms with Crippen LogP contribution in [0.2, 0.25) is 5.02 Å². The van der Waals surface area contributed by atoms with Crippen LogP contribution in [0.25, 0.3) is 5.69 Å². The Balaban J connectivity index is 1.80. The first-order chi connectivity index (χ1) is 14.1. The summed E-state index contributed by atoms with van der Waals surface area (Å²) in [5.41, 5.74) is -0.623. The molecular weight excluding hydrogens is 425 g/mol. The molecule has 1 heterocycles. The zero-order valence-electron chi connectivity index (χ0n) is 15.6. The monoisotopic (exact) mass is 440 g/mol. The summed E-state index contributed by atoms with van der Waals surface area (Å²) in [4.78, 5) is 10.8. The Labute approximate surface area is 174 Å². The van der Waals surface area contributed by atoms with E-state index in [1.54, 1.807) is 24.3 Å². The standard InChI is InChI=1S/C20H16ClF3N2O4/c1-12(19(27)28)30-15-8-6-14(7-9-15)29-11-13-10-18(20(22,23)24)25-26(13)17-5-3-2-4-16(17)21/h2-10,12H,11H2,1H3,(H,27,28). The van der Waals surface area contributed by atoms with Gasteiger partial charge in [0, 0.05) is 0 Å². The second-order valence-electron chi connectivity index (χ2n) is 6.24. The Morgan fingerprint density at radius 2 is 1.80 bits per heavy atom. The van der Waals surface area contributed by atoms with E-state index < -0.39 is 23.9 Å². The predicted octanol–water partition coefficient (Wildman–Crippen LogP) is 4.98. The average molecular weight is 441 g/mol. The number of ether oxygens (including phenoxy) is 2. The second-order valence-corrected chi connectivity index (χ2v) is 6.65. The first kappa shape index (κ1) is 21.5. The summed E-state index contributed by atoms with van der Waals surface area (Å²) in [6.45, 7) is 1.18. The highest BCUT2D eigenvalue weighted by atomic mass is 35.5. The molecule has 0 saturated heterocycles. The molecule has 0 saturated carbocycles. The maximum Gasteiger partial charge on any atom is 0.435 e. The van der Waals surface area contributed by atoms with E-state index in [1.165, 1.54) is 31.2 Å². The minimum absolute atomic E-state index is 0.148. The van der Waals surface area contributed by atoms with E-state index in [4.69, 9.17) is 26.2 Å². The van der Waals surface area contributed by atoms with Gasteiger partial charge in [0.25, 0.3) is 0 Å². The Bertz CT molecular complexity index is 1040. The van der Waals surface area contributed by atoms with Crippen molar-refractivity contribution in [2.24, 2.45) is 0 Å². The predicted molar refractivity (Wildman–Crippen MR) is 102 cm³/mol. The summed E-state index contributed by atoms with van der Waals surface area (Å²) in [6, 6.07) is 13.3. The normalized spacial score (nSPS) is 12.4. The Kier molecular flexibility index (Phi) is 6.21. The van der Waals surface area contributed by atoms with E-state index in [2.05, 4.69) is 5.10 Å². The van der Waals surface area contributed by atoms with Crippen molar-refractivity contribution >= 4 is 17.6 Å². The molecule has 3 aromatic rings. The number of carbonyl (C=O) groups is 1. The molecule has 0 amide bonds. The van der Waals surface area contributed by atoms with Crippen molar-refractivity contribution in [2.75, 3.05) is 0 Å². The van der Waals surface area contributed by atoms with Gasteiger partial charge in [-0.05, 0) is 49.4 Å². The molecule has 2 aromatic carbocycles. The summed E-state index contributed by atoms with van der Waals surface area (Å²) < 4.78 is 51.4. The summed E-state index contributed by atoms with van der Waals surface area (Å²) >= 11 is 6.11. The Morgan fingerprint density at radius 1 is 1.17 bits per heavy atom. The second kappa shape index (κ2) is 8.66. The smallest absolute Gasteiger partial charge is 0.435 e. The summed E-state index contributed by atoms with van der Waals surface area (Å²) in [5, 5.41) is 12.7. The fourth-order valence-corrected chi connectivity index (χ4v) is 2.74. The largest absolute Gasteiger partial charge is 0.487 e. The lowest BCUT2D eigenvalue weighted by molar-refractivity contribution is -0.144. The van der Waals surface area contributed by atoms with Crippen LogP contribution < -0.4 is 9.47 Å². The Morgan fingerprint density at radius 3 is 2.40 bits per heavy atom. The minimum atomic E-state index is -4.62. The molecule has 3 rings (SSSR count). The zero-order valence-corrected chi connectivity index (χ0v) is 16.3. The molecule has 0 bridgehead atoms. The number of carboxylic acid groups (broad SMARTS) is 1. The molecule has 0 spiro atoms. The van der Waals surface area contributed by atoms with E-state index in [-0.39, 0.29) is 17.3 Å². The van der Waals surface area contributed by atoms with Crippen molar-refractivity contribution in [1.29, 1.82) is 0 Å². The number of benzene rings is 2. The van der Waals surface area contributed by atoms with Crippen molar-refractivity contribution in [3.63, 3.8) is 0 Å². The minimum Gasteiger partial charge on any atom is -0.487 e. The van der Waals surface area contributed by atoms with E-state index in [9.17, 15) is 18.0 Å². The SMILES string of the molecule is CC(Oc1ccc(OCc2cc(C(F)(F)F)nn2-c2ccccc2Cl)cc1)C(=O)O. The molecular formula is C20H16ClF3N2O4. The number of aromatic nitrogens is 2. The molecule has 10 heteroatoms. The van der Waals surface area contributed by atoms with Crippen LogP contribution in [0.15, 0.2) is 54.6 Å². The van der Waals surface area contributed by atoms with E-state index in [1.807, 2.05) is 0 Å². The van der Waals surface area contributed by atoms with Gasteiger partial charge in [0.05, 0.1) is 16.4 Å². The maximum atomic E-state index is 13.2. The van der Waals surface area contributed by atoms with E-state index >= 15 is 0 Å². The van der Waals surface area contributed by atoms with Crippen LogP contribution in [0.4, 0.5) is 13.2 Å². The third-order valence-electron chi connectivity index (χ3n) is 4.03. The molecule has 0 fully saturated rings. The lowest BCUT2D eigenvalue weighted by atomic mass is 10.3. The van der Waals surface area contributed by atoms with Gasteiger partial charge in [-0.25, -0.2) is 9.48 Å². The highest BCUT2D eigenvalue weighted by molar-refractivity contribution is 6.32. The van der Waals surface area contributed by atoms with Crippen molar-refractivity contribution in [2.45, 2.75) is 25.8 Å². The number of hydrogen-bond donors (Lipinski definition) is 1. The van der Waals surface area contributed by atoms with Gasteiger partial charge in [0.2, 0.25) is 0 Å². The first-order valence-corrected chi connectivity index (χ1v) is 9.06. The lowest BCUT2D eigenvalue weighted by Crippen LogP contribution is -2.22. The van der Waals surface area contributed by atoms with Gasteiger partial charge < -0.3 is 14.6 Å². The topological polar surface area (TPSA) is 73.6 Å². The van der Waals surface area contributed by atoms with Crippen LogP contribution >= 0.6 is 11.6 Å². The van der Waals surface area contributed by atoms with Gasteiger partial charge >= 0.3 is 12.1 Å². The van der Waals surface area contributed by atoms with Gasteiger partial charge in [-0.2, -0.15) is 18.3 Å². The van der Waals surface area contributed by atoms with Crippen LogP contribution in [-0.4, -0.2) is 27.0 Å². The van der Waals surface area contributed by atoms with Crippen LogP contribution in [0.5, 0.6) is 11.5 Å². The number of aliphatic carboxylic acids is 1. The van der Waals surface area contributed by atoms with Crippen molar-refractivity contribution < 1.29 is 32.5 Å². The highest BCUT2D eigenvalue weighted by Gasteiger charge is 2.35. The Hall–Kier alpha value is -3.20. The van der Waals surface area contributed by atoms with Gasteiger partial charge in [-0.1, -0.05) is 23.7 Å². The van der Waals surface area contributed by atoms with Crippen LogP contribution in [-0.2, 0) is 17.6 Å². The molecule has 1 N–H and O–H groups in total. The number of nitrogens with zero attached hydrogens (tertiary/aromatic N) is 2. The number of para-hydroxylation sites is 1. The zero-order chi connectivity index (χ0) is 21.9. The maximum absolute atomic E-state index is 13.2. The summed E-state index contributed by atoms with van der Waals surface area (Å²) in [5.74, 6) is -0.438. The number of carboxylic acids is 1. The fraction of sp³-hybridized carbons (Fsp3) is 0.200. The van der Waals surface area contributed by atoms with Crippen LogP contribution in [0.1, 0.15) is 18.3 Å². The average Bonchev–Trinajstić information content (AvgIpc) is 3.12.